The molecule has 6 heteroatoms. The van der Waals surface area contributed by atoms with E-state index < -0.39 is 6.04 Å². The number of rotatable bonds is 6. The molecule has 0 bridgehead atoms. The number of nitrogens with one attached hydrogen (secondary N) is 1. The van der Waals surface area contributed by atoms with Gasteiger partial charge in [-0.15, -0.1) is 0 Å². The van der Waals surface area contributed by atoms with Gasteiger partial charge in [-0.1, -0.05) is 19.9 Å². The van der Waals surface area contributed by atoms with E-state index in [0.717, 1.165) is 5.56 Å². The lowest BCUT2D eigenvalue weighted by Gasteiger charge is -2.19. The van der Waals surface area contributed by atoms with Crippen LogP contribution in [-0.4, -0.2) is 41.3 Å². The zero-order valence-corrected chi connectivity index (χ0v) is 12.2. The second-order valence-corrected chi connectivity index (χ2v) is 5.10. The summed E-state index contributed by atoms with van der Waals surface area (Å²) in [5, 5.41) is 2.56. The summed E-state index contributed by atoms with van der Waals surface area (Å²) in [4.78, 5) is 29.1. The van der Waals surface area contributed by atoms with Gasteiger partial charge in [0.05, 0.1) is 12.6 Å². The van der Waals surface area contributed by atoms with Gasteiger partial charge in [-0.05, 0) is 17.5 Å². The first-order valence-electron chi connectivity index (χ1n) is 6.58. The van der Waals surface area contributed by atoms with Crippen LogP contribution in [0.5, 0.6) is 0 Å². The van der Waals surface area contributed by atoms with E-state index in [1.165, 1.54) is 4.90 Å². The lowest BCUT2D eigenvalue weighted by Crippen LogP contribution is -2.47. The van der Waals surface area contributed by atoms with Crippen LogP contribution >= 0.6 is 0 Å². The maximum absolute atomic E-state index is 11.9. The van der Waals surface area contributed by atoms with Crippen molar-refractivity contribution < 1.29 is 9.59 Å². The minimum Gasteiger partial charge on any atom is -0.346 e. The molecule has 20 heavy (non-hydrogen) atoms. The summed E-state index contributed by atoms with van der Waals surface area (Å²) >= 11 is 0. The molecule has 1 aromatic heterocycles. The summed E-state index contributed by atoms with van der Waals surface area (Å²) < 4.78 is 0. The number of pyridine rings is 1. The number of aromatic nitrogens is 1. The smallest absolute Gasteiger partial charge is 0.242 e. The van der Waals surface area contributed by atoms with Gasteiger partial charge in [-0.2, -0.15) is 0 Å². The molecular weight excluding hydrogens is 256 g/mol. The first-order valence-corrected chi connectivity index (χ1v) is 6.58. The molecule has 1 rings (SSSR count). The molecule has 1 heterocycles. The van der Waals surface area contributed by atoms with Gasteiger partial charge in [0.2, 0.25) is 11.8 Å². The van der Waals surface area contributed by atoms with Crippen LogP contribution in [0.2, 0.25) is 0 Å². The van der Waals surface area contributed by atoms with Crippen molar-refractivity contribution in [1.29, 1.82) is 0 Å². The van der Waals surface area contributed by atoms with E-state index in [2.05, 4.69) is 10.3 Å². The van der Waals surface area contributed by atoms with Crippen molar-refractivity contribution >= 4 is 11.8 Å². The van der Waals surface area contributed by atoms with Crippen LogP contribution in [0.1, 0.15) is 19.4 Å². The molecule has 0 aromatic carbocycles. The predicted molar refractivity (Wildman–Crippen MR) is 76.5 cm³/mol. The molecule has 3 N–H and O–H groups in total. The fourth-order valence-corrected chi connectivity index (χ4v) is 1.57. The van der Waals surface area contributed by atoms with Crippen LogP contribution in [0.3, 0.4) is 0 Å². The van der Waals surface area contributed by atoms with Crippen molar-refractivity contribution in [2.75, 3.05) is 13.6 Å². The first kappa shape index (κ1) is 16.1. The molecule has 1 atom stereocenters. The number of nitrogens with zero attached hydrogens (tertiary/aromatic N) is 2. The third-order valence-electron chi connectivity index (χ3n) is 3.00. The predicted octanol–water partition coefficient (Wildman–Crippen LogP) is 0.140. The van der Waals surface area contributed by atoms with Crippen molar-refractivity contribution in [1.82, 2.24) is 15.2 Å². The van der Waals surface area contributed by atoms with Gasteiger partial charge < -0.3 is 16.0 Å². The summed E-state index contributed by atoms with van der Waals surface area (Å²) in [7, 11) is 1.68. The molecule has 2 amide bonds. The Labute approximate surface area is 119 Å². The number of hydrogen-bond acceptors (Lipinski definition) is 4. The van der Waals surface area contributed by atoms with Crippen LogP contribution in [0.4, 0.5) is 0 Å². The summed E-state index contributed by atoms with van der Waals surface area (Å²) in [6.07, 6.45) is 3.38. The molecule has 6 nitrogen and oxygen atoms in total. The summed E-state index contributed by atoms with van der Waals surface area (Å²) in [5.74, 6) is -0.431. The Morgan fingerprint density at radius 1 is 1.45 bits per heavy atom. The molecule has 0 unspecified atom stereocenters. The van der Waals surface area contributed by atoms with Crippen molar-refractivity contribution in [3.05, 3.63) is 30.1 Å². The van der Waals surface area contributed by atoms with E-state index in [9.17, 15) is 9.59 Å². The number of hydrogen-bond donors (Lipinski definition) is 2. The van der Waals surface area contributed by atoms with E-state index in [1.807, 2.05) is 26.0 Å². The fraction of sp³-hybridized carbons (Fsp3) is 0.500. The van der Waals surface area contributed by atoms with Crippen molar-refractivity contribution in [3.8, 4) is 0 Å². The van der Waals surface area contributed by atoms with Crippen LogP contribution in [0.15, 0.2) is 24.5 Å². The largest absolute Gasteiger partial charge is 0.346 e. The average molecular weight is 278 g/mol. The molecular formula is C14H22N4O2. The summed E-state index contributed by atoms with van der Waals surface area (Å²) in [6, 6.07) is 3.12. The zero-order chi connectivity index (χ0) is 15.1. The fourth-order valence-electron chi connectivity index (χ4n) is 1.57. The monoisotopic (exact) mass is 278 g/mol. The van der Waals surface area contributed by atoms with Gasteiger partial charge in [0.25, 0.3) is 0 Å². The Morgan fingerprint density at radius 3 is 2.70 bits per heavy atom. The van der Waals surface area contributed by atoms with Crippen molar-refractivity contribution in [3.63, 3.8) is 0 Å². The van der Waals surface area contributed by atoms with E-state index in [0.29, 0.717) is 6.54 Å². The van der Waals surface area contributed by atoms with Crippen LogP contribution < -0.4 is 11.1 Å². The SMILES string of the molecule is CC(C)[C@H](N)C(=O)NCC(=O)N(C)Cc1cccnc1. The molecule has 1 aromatic rings. The second-order valence-electron chi connectivity index (χ2n) is 5.10. The Hall–Kier alpha value is -1.95. The summed E-state index contributed by atoms with van der Waals surface area (Å²) in [5.41, 5.74) is 6.64. The number of likely N-dealkylation sites (N-methyl/N-ethyl adjacent to an activating group) is 1. The third-order valence-corrected chi connectivity index (χ3v) is 3.00. The standard InChI is InChI=1S/C14H22N4O2/c1-10(2)13(15)14(20)17-8-12(19)18(3)9-11-5-4-6-16-7-11/h4-7,10,13H,8-9,15H2,1-3H3,(H,17,20)/t13-/m0/s1. The molecule has 0 spiro atoms. The highest BCUT2D eigenvalue weighted by atomic mass is 16.2. The van der Waals surface area contributed by atoms with E-state index >= 15 is 0 Å². The summed E-state index contributed by atoms with van der Waals surface area (Å²) in [6.45, 7) is 4.13. The van der Waals surface area contributed by atoms with Crippen molar-refractivity contribution in [2.24, 2.45) is 11.7 Å². The van der Waals surface area contributed by atoms with Gasteiger partial charge in [0, 0.05) is 26.0 Å². The van der Waals surface area contributed by atoms with Gasteiger partial charge >= 0.3 is 0 Å². The number of nitrogens with two attached hydrogens (primary N) is 1. The highest BCUT2D eigenvalue weighted by Gasteiger charge is 2.18. The lowest BCUT2D eigenvalue weighted by molar-refractivity contribution is -0.132. The molecule has 0 fully saturated rings. The average Bonchev–Trinajstić information content (AvgIpc) is 2.44. The number of carbonyl (C=O) groups is 2. The van der Waals surface area contributed by atoms with E-state index in [1.54, 1.807) is 19.4 Å². The van der Waals surface area contributed by atoms with E-state index in [4.69, 9.17) is 5.73 Å². The van der Waals surface area contributed by atoms with Crippen LogP contribution in [0, 0.1) is 5.92 Å². The molecule has 0 aliphatic rings. The maximum Gasteiger partial charge on any atom is 0.242 e. The Balaban J connectivity index is 2.41. The maximum atomic E-state index is 11.9. The highest BCUT2D eigenvalue weighted by molar-refractivity contribution is 5.87. The van der Waals surface area contributed by atoms with Gasteiger partial charge in [0.1, 0.15) is 0 Å². The molecule has 0 saturated heterocycles. The Kier molecular flexibility index (Phi) is 6.11. The molecule has 0 radical (unpaired) electrons. The normalized spacial score (nSPS) is 12.1. The zero-order valence-electron chi connectivity index (χ0n) is 12.2. The lowest BCUT2D eigenvalue weighted by atomic mass is 10.1. The second kappa shape index (κ2) is 7.59. The molecule has 110 valence electrons. The van der Waals surface area contributed by atoms with Gasteiger partial charge in [-0.25, -0.2) is 0 Å². The van der Waals surface area contributed by atoms with Crippen LogP contribution in [-0.2, 0) is 16.1 Å². The molecule has 0 saturated carbocycles. The third kappa shape index (κ3) is 4.97. The van der Waals surface area contributed by atoms with Crippen LogP contribution in [0.25, 0.3) is 0 Å². The van der Waals surface area contributed by atoms with Gasteiger partial charge in [0.15, 0.2) is 0 Å². The highest BCUT2D eigenvalue weighted by Crippen LogP contribution is 2.01. The van der Waals surface area contributed by atoms with E-state index in [-0.39, 0.29) is 24.3 Å². The minimum absolute atomic E-state index is 0.0400. The quantitative estimate of drug-likeness (QED) is 0.774. The minimum atomic E-state index is -0.591. The molecule has 0 aliphatic carbocycles. The Bertz CT molecular complexity index is 448. The topological polar surface area (TPSA) is 88.3 Å². The molecule has 0 aliphatic heterocycles. The number of amides is 2. The van der Waals surface area contributed by atoms with Crippen molar-refractivity contribution in [2.45, 2.75) is 26.4 Å². The van der Waals surface area contributed by atoms with Gasteiger partial charge in [-0.3, -0.25) is 14.6 Å². The number of carbonyl (C=O) groups excluding carboxylic acids is 2. The first-order chi connectivity index (χ1) is 9.41. The Morgan fingerprint density at radius 2 is 2.15 bits per heavy atom.